The van der Waals surface area contributed by atoms with Crippen LogP contribution in [0.5, 0.6) is 0 Å². The van der Waals surface area contributed by atoms with E-state index in [1.807, 2.05) is 24.4 Å². The van der Waals surface area contributed by atoms with E-state index in [4.69, 9.17) is 0 Å². The standard InChI is InChI=1S/C11H11N3O/c1-6-3-8-4-7(2)14-10(8)9(11(6)15)12-5-13-14/h3-5,11,15H,1-2H3. The zero-order valence-corrected chi connectivity index (χ0v) is 8.60. The molecule has 0 bridgehead atoms. The van der Waals surface area contributed by atoms with Crippen LogP contribution in [0.1, 0.15) is 30.0 Å². The molecule has 76 valence electrons. The molecule has 1 N–H and O–H groups in total. The maximum absolute atomic E-state index is 9.98. The largest absolute Gasteiger partial charge is 0.382 e. The van der Waals surface area contributed by atoms with Crippen LogP contribution in [0.25, 0.3) is 11.6 Å². The molecule has 1 unspecified atom stereocenters. The van der Waals surface area contributed by atoms with Gasteiger partial charge in [0.1, 0.15) is 18.1 Å². The Morgan fingerprint density at radius 2 is 2.20 bits per heavy atom. The van der Waals surface area contributed by atoms with E-state index >= 15 is 0 Å². The summed E-state index contributed by atoms with van der Waals surface area (Å²) >= 11 is 0. The van der Waals surface area contributed by atoms with Crippen LogP contribution in [0.2, 0.25) is 0 Å². The smallest absolute Gasteiger partial charge is 0.136 e. The quantitative estimate of drug-likeness (QED) is 0.702. The molecule has 1 atom stereocenters. The second-order valence-corrected chi connectivity index (χ2v) is 3.94. The number of aromatic nitrogens is 3. The molecule has 0 aromatic carbocycles. The summed E-state index contributed by atoms with van der Waals surface area (Å²) in [5.74, 6) is 0. The Bertz CT molecular complexity index is 583. The molecule has 0 aliphatic heterocycles. The number of aryl methyl sites for hydroxylation is 1. The maximum Gasteiger partial charge on any atom is 0.136 e. The molecule has 0 saturated carbocycles. The lowest BCUT2D eigenvalue weighted by Crippen LogP contribution is -2.09. The number of hydrogen-bond donors (Lipinski definition) is 1. The van der Waals surface area contributed by atoms with Crippen molar-refractivity contribution in [1.82, 2.24) is 14.6 Å². The van der Waals surface area contributed by atoms with Gasteiger partial charge in [-0.25, -0.2) is 9.50 Å². The first-order chi connectivity index (χ1) is 7.18. The van der Waals surface area contributed by atoms with Crippen LogP contribution < -0.4 is 0 Å². The Kier molecular flexibility index (Phi) is 1.53. The van der Waals surface area contributed by atoms with Crippen molar-refractivity contribution >= 4 is 11.6 Å². The molecule has 0 radical (unpaired) electrons. The van der Waals surface area contributed by atoms with Gasteiger partial charge in [0.25, 0.3) is 0 Å². The second kappa shape index (κ2) is 2.67. The Balaban J connectivity index is 2.50. The van der Waals surface area contributed by atoms with Gasteiger partial charge in [-0.15, -0.1) is 0 Å². The van der Waals surface area contributed by atoms with Crippen molar-refractivity contribution in [3.8, 4) is 0 Å². The molecule has 15 heavy (non-hydrogen) atoms. The SMILES string of the molecule is CC1=Cc2cc(C)n3ncnc(c23)C1O. The molecule has 3 rings (SSSR count). The van der Waals surface area contributed by atoms with Crippen molar-refractivity contribution in [3.63, 3.8) is 0 Å². The molecule has 2 aromatic rings. The fourth-order valence-corrected chi connectivity index (χ4v) is 2.11. The fourth-order valence-electron chi connectivity index (χ4n) is 2.11. The highest BCUT2D eigenvalue weighted by Gasteiger charge is 2.23. The van der Waals surface area contributed by atoms with E-state index < -0.39 is 6.10 Å². The molecule has 4 heteroatoms. The van der Waals surface area contributed by atoms with Crippen LogP contribution in [0.15, 0.2) is 18.0 Å². The summed E-state index contributed by atoms with van der Waals surface area (Å²) in [7, 11) is 0. The number of rotatable bonds is 0. The van der Waals surface area contributed by atoms with E-state index in [0.717, 1.165) is 22.3 Å². The van der Waals surface area contributed by atoms with E-state index in [0.29, 0.717) is 5.69 Å². The highest BCUT2D eigenvalue weighted by Crippen LogP contribution is 2.33. The van der Waals surface area contributed by atoms with E-state index in [-0.39, 0.29) is 0 Å². The minimum atomic E-state index is -0.600. The lowest BCUT2D eigenvalue weighted by atomic mass is 9.98. The fraction of sp³-hybridized carbons (Fsp3) is 0.273. The van der Waals surface area contributed by atoms with Gasteiger partial charge >= 0.3 is 0 Å². The van der Waals surface area contributed by atoms with Gasteiger partial charge in [0.15, 0.2) is 0 Å². The predicted octanol–water partition coefficient (Wildman–Crippen LogP) is 1.49. The topological polar surface area (TPSA) is 50.4 Å². The Morgan fingerprint density at radius 3 is 3.00 bits per heavy atom. The van der Waals surface area contributed by atoms with Gasteiger partial charge in [0, 0.05) is 11.3 Å². The third kappa shape index (κ3) is 0.995. The number of hydrogen-bond acceptors (Lipinski definition) is 3. The van der Waals surface area contributed by atoms with Crippen LogP contribution in [-0.2, 0) is 0 Å². The Labute approximate surface area is 86.9 Å². The molecule has 0 fully saturated rings. The first-order valence-corrected chi connectivity index (χ1v) is 4.88. The molecule has 1 aliphatic carbocycles. The van der Waals surface area contributed by atoms with Crippen LogP contribution >= 0.6 is 0 Å². The van der Waals surface area contributed by atoms with Crippen molar-refractivity contribution in [2.24, 2.45) is 0 Å². The third-order valence-electron chi connectivity index (χ3n) is 2.86. The van der Waals surface area contributed by atoms with E-state index in [2.05, 4.69) is 16.1 Å². The molecular formula is C11H11N3O. The van der Waals surface area contributed by atoms with Crippen molar-refractivity contribution in [1.29, 1.82) is 0 Å². The first kappa shape index (κ1) is 8.61. The number of nitrogens with zero attached hydrogens (tertiary/aromatic N) is 3. The van der Waals surface area contributed by atoms with E-state index in [9.17, 15) is 5.11 Å². The summed E-state index contributed by atoms with van der Waals surface area (Å²) in [6.07, 6.45) is 2.88. The van der Waals surface area contributed by atoms with Gasteiger partial charge in [-0.1, -0.05) is 6.08 Å². The van der Waals surface area contributed by atoms with Crippen molar-refractivity contribution in [2.75, 3.05) is 0 Å². The summed E-state index contributed by atoms with van der Waals surface area (Å²) in [5, 5.41) is 14.1. The van der Waals surface area contributed by atoms with E-state index in [1.54, 1.807) is 0 Å². The lowest BCUT2D eigenvalue weighted by molar-refractivity contribution is 0.212. The van der Waals surface area contributed by atoms with Crippen molar-refractivity contribution < 1.29 is 5.11 Å². The molecule has 2 aromatic heterocycles. The van der Waals surface area contributed by atoms with Gasteiger partial charge in [0.05, 0.1) is 5.52 Å². The van der Waals surface area contributed by atoms with Crippen molar-refractivity contribution in [3.05, 3.63) is 34.9 Å². The minimum absolute atomic E-state index is 0.600. The first-order valence-electron chi connectivity index (χ1n) is 4.88. The summed E-state index contributed by atoms with van der Waals surface area (Å²) in [6.45, 7) is 3.91. The number of aliphatic hydroxyl groups is 1. The average Bonchev–Trinajstić information content (AvgIpc) is 2.54. The normalized spacial score (nSPS) is 19.4. The summed E-state index contributed by atoms with van der Waals surface area (Å²) in [4.78, 5) is 4.16. The van der Waals surface area contributed by atoms with E-state index in [1.165, 1.54) is 6.33 Å². The van der Waals surface area contributed by atoms with Crippen LogP contribution in [-0.4, -0.2) is 19.7 Å². The highest BCUT2D eigenvalue weighted by atomic mass is 16.3. The van der Waals surface area contributed by atoms with Crippen LogP contribution in [0.3, 0.4) is 0 Å². The monoisotopic (exact) mass is 201 g/mol. The van der Waals surface area contributed by atoms with Gasteiger partial charge < -0.3 is 5.11 Å². The van der Waals surface area contributed by atoms with Crippen LogP contribution in [0, 0.1) is 6.92 Å². The van der Waals surface area contributed by atoms with Crippen LogP contribution in [0.4, 0.5) is 0 Å². The Morgan fingerprint density at radius 1 is 1.40 bits per heavy atom. The zero-order valence-electron chi connectivity index (χ0n) is 8.60. The third-order valence-corrected chi connectivity index (χ3v) is 2.86. The predicted molar refractivity (Wildman–Crippen MR) is 56.3 cm³/mol. The minimum Gasteiger partial charge on any atom is -0.382 e. The molecular weight excluding hydrogens is 190 g/mol. The van der Waals surface area contributed by atoms with Crippen molar-refractivity contribution in [2.45, 2.75) is 20.0 Å². The summed E-state index contributed by atoms with van der Waals surface area (Å²) in [6, 6.07) is 2.06. The Hall–Kier alpha value is -1.68. The number of aliphatic hydroxyl groups excluding tert-OH is 1. The van der Waals surface area contributed by atoms with Gasteiger partial charge in [-0.2, -0.15) is 5.10 Å². The summed E-state index contributed by atoms with van der Waals surface area (Å²) < 4.78 is 1.82. The van der Waals surface area contributed by atoms with Gasteiger partial charge in [-0.3, -0.25) is 0 Å². The molecule has 0 spiro atoms. The molecule has 0 amide bonds. The molecule has 4 nitrogen and oxygen atoms in total. The zero-order chi connectivity index (χ0) is 10.6. The maximum atomic E-state index is 9.98. The van der Waals surface area contributed by atoms with Gasteiger partial charge in [-0.05, 0) is 25.5 Å². The average molecular weight is 201 g/mol. The summed E-state index contributed by atoms with van der Waals surface area (Å²) in [5.41, 5.74) is 4.70. The molecule has 2 heterocycles. The lowest BCUT2D eigenvalue weighted by Gasteiger charge is -2.16. The second-order valence-electron chi connectivity index (χ2n) is 3.94. The van der Waals surface area contributed by atoms with Gasteiger partial charge in [0.2, 0.25) is 0 Å². The highest BCUT2D eigenvalue weighted by molar-refractivity contribution is 5.78. The molecule has 0 saturated heterocycles. The molecule has 1 aliphatic rings.